The van der Waals surface area contributed by atoms with Crippen LogP contribution in [0.4, 0.5) is 4.79 Å². The summed E-state index contributed by atoms with van der Waals surface area (Å²) >= 11 is 0. The molecule has 0 aromatic carbocycles. The van der Waals surface area contributed by atoms with Crippen molar-refractivity contribution in [3.63, 3.8) is 0 Å². The third-order valence-corrected chi connectivity index (χ3v) is 4.66. The van der Waals surface area contributed by atoms with Gasteiger partial charge >= 0.3 is 6.03 Å². The van der Waals surface area contributed by atoms with Crippen molar-refractivity contribution in [2.75, 3.05) is 26.8 Å². The highest BCUT2D eigenvalue weighted by atomic mass is 16.7. The molecular weight excluding hydrogens is 268 g/mol. The Morgan fingerprint density at radius 3 is 2.52 bits per heavy atom. The minimum absolute atomic E-state index is 0.0483. The van der Waals surface area contributed by atoms with E-state index in [2.05, 4.69) is 12.2 Å². The van der Waals surface area contributed by atoms with Crippen molar-refractivity contribution in [3.05, 3.63) is 0 Å². The molecule has 1 heterocycles. The van der Waals surface area contributed by atoms with Crippen LogP contribution in [0.2, 0.25) is 0 Å². The summed E-state index contributed by atoms with van der Waals surface area (Å²) in [4.78, 5) is 14.1. The predicted octanol–water partition coefficient (Wildman–Crippen LogP) is 2.75. The van der Waals surface area contributed by atoms with Gasteiger partial charge in [0.15, 0.2) is 5.79 Å². The predicted molar refractivity (Wildman–Crippen MR) is 82.1 cm³/mol. The van der Waals surface area contributed by atoms with Crippen molar-refractivity contribution in [2.24, 2.45) is 5.92 Å². The lowest BCUT2D eigenvalue weighted by Crippen LogP contribution is -2.46. The van der Waals surface area contributed by atoms with Crippen LogP contribution in [-0.4, -0.2) is 49.6 Å². The summed E-state index contributed by atoms with van der Waals surface area (Å²) in [6.07, 6.45) is 6.87. The Hall–Kier alpha value is -0.810. The number of carbonyl (C=O) groups excluding carboxylic acids is 1. The Bertz CT molecular complexity index is 336. The molecule has 0 bridgehead atoms. The second-order valence-corrected chi connectivity index (χ2v) is 6.73. The first-order valence-corrected chi connectivity index (χ1v) is 8.29. The lowest BCUT2D eigenvalue weighted by atomic mass is 9.95. The molecule has 1 saturated heterocycles. The van der Waals surface area contributed by atoms with Gasteiger partial charge in [-0.15, -0.1) is 0 Å². The Labute approximate surface area is 128 Å². The maximum atomic E-state index is 12.2. The molecular formula is C16H30N2O3. The first-order chi connectivity index (χ1) is 10.0. The zero-order valence-electron chi connectivity index (χ0n) is 13.7. The van der Waals surface area contributed by atoms with Crippen LogP contribution in [0, 0.1) is 5.92 Å². The van der Waals surface area contributed by atoms with Gasteiger partial charge < -0.3 is 19.7 Å². The molecule has 1 N–H and O–H groups in total. The Morgan fingerprint density at radius 2 is 1.90 bits per heavy atom. The van der Waals surface area contributed by atoms with Crippen LogP contribution < -0.4 is 5.32 Å². The Balaban J connectivity index is 1.69. The molecule has 1 saturated carbocycles. The average molecular weight is 298 g/mol. The van der Waals surface area contributed by atoms with E-state index < -0.39 is 5.79 Å². The van der Waals surface area contributed by atoms with Crippen molar-refractivity contribution in [2.45, 2.75) is 64.2 Å². The molecule has 5 nitrogen and oxygen atoms in total. The van der Waals surface area contributed by atoms with Crippen LogP contribution in [0.5, 0.6) is 0 Å². The highest BCUT2D eigenvalue weighted by Gasteiger charge is 2.32. The topological polar surface area (TPSA) is 50.8 Å². The van der Waals surface area contributed by atoms with Crippen LogP contribution >= 0.6 is 0 Å². The number of urea groups is 1. The summed E-state index contributed by atoms with van der Waals surface area (Å²) in [6.45, 7) is 6.10. The maximum absolute atomic E-state index is 12.2. The molecule has 2 aliphatic rings. The van der Waals surface area contributed by atoms with Crippen LogP contribution in [0.15, 0.2) is 0 Å². The molecule has 0 radical (unpaired) electrons. The molecule has 2 fully saturated rings. The van der Waals surface area contributed by atoms with E-state index in [1.54, 1.807) is 0 Å². The fourth-order valence-corrected chi connectivity index (χ4v) is 3.40. The highest BCUT2D eigenvalue weighted by molar-refractivity contribution is 5.74. The molecule has 0 aromatic rings. The molecule has 0 aromatic heterocycles. The quantitative estimate of drug-likeness (QED) is 0.849. The molecule has 2 rings (SSSR count). The molecule has 5 heteroatoms. The minimum atomic E-state index is -0.473. The van der Waals surface area contributed by atoms with E-state index in [4.69, 9.17) is 9.47 Å². The van der Waals surface area contributed by atoms with Gasteiger partial charge in [-0.05, 0) is 25.7 Å². The van der Waals surface area contributed by atoms with E-state index in [9.17, 15) is 4.79 Å². The van der Waals surface area contributed by atoms with Crippen LogP contribution in [0.25, 0.3) is 0 Å². The van der Waals surface area contributed by atoms with Gasteiger partial charge in [-0.25, -0.2) is 4.79 Å². The van der Waals surface area contributed by atoms with Crippen molar-refractivity contribution in [1.29, 1.82) is 0 Å². The number of carbonyl (C=O) groups is 1. The molecule has 21 heavy (non-hydrogen) atoms. The van der Waals surface area contributed by atoms with E-state index in [1.165, 1.54) is 19.3 Å². The van der Waals surface area contributed by atoms with Crippen LogP contribution in [0.1, 0.15) is 52.4 Å². The number of nitrogens with zero attached hydrogens (tertiary/aromatic N) is 1. The molecule has 122 valence electrons. The largest absolute Gasteiger partial charge is 0.348 e. The maximum Gasteiger partial charge on any atom is 0.317 e. The fourth-order valence-electron chi connectivity index (χ4n) is 3.40. The smallest absolute Gasteiger partial charge is 0.317 e. The summed E-state index contributed by atoms with van der Waals surface area (Å²) in [5.74, 6) is -0.142. The van der Waals surface area contributed by atoms with Gasteiger partial charge in [0.2, 0.25) is 0 Å². The third kappa shape index (κ3) is 4.85. The Kier molecular flexibility index (Phi) is 5.88. The van der Waals surface area contributed by atoms with E-state index in [0.29, 0.717) is 31.7 Å². The van der Waals surface area contributed by atoms with Gasteiger partial charge in [-0.3, -0.25) is 0 Å². The Morgan fingerprint density at radius 1 is 1.29 bits per heavy atom. The van der Waals surface area contributed by atoms with E-state index >= 15 is 0 Å². The standard InChI is InChI=1S/C16H30N2O3/c1-13(11-16(2)20-9-10-21-16)12-17-15(19)18(3)14-7-5-4-6-8-14/h13-14H,4-12H2,1-3H3,(H,17,19). The summed E-state index contributed by atoms with van der Waals surface area (Å²) in [7, 11) is 1.92. The number of amides is 2. The first-order valence-electron chi connectivity index (χ1n) is 8.29. The molecule has 2 amide bonds. The minimum Gasteiger partial charge on any atom is -0.348 e. The van der Waals surface area contributed by atoms with Crippen molar-refractivity contribution in [1.82, 2.24) is 10.2 Å². The van der Waals surface area contributed by atoms with Gasteiger partial charge in [0.25, 0.3) is 0 Å². The zero-order chi connectivity index (χ0) is 15.3. The van der Waals surface area contributed by atoms with Crippen molar-refractivity contribution >= 4 is 6.03 Å². The zero-order valence-corrected chi connectivity index (χ0v) is 13.7. The number of hydrogen-bond donors (Lipinski definition) is 1. The number of hydrogen-bond acceptors (Lipinski definition) is 3. The van der Waals surface area contributed by atoms with Crippen molar-refractivity contribution < 1.29 is 14.3 Å². The molecule has 1 aliphatic heterocycles. The highest BCUT2D eigenvalue weighted by Crippen LogP contribution is 2.26. The van der Waals surface area contributed by atoms with E-state index in [1.807, 2.05) is 18.9 Å². The van der Waals surface area contributed by atoms with Gasteiger partial charge in [0.05, 0.1) is 13.2 Å². The average Bonchev–Trinajstić information content (AvgIpc) is 2.91. The number of nitrogens with one attached hydrogen (secondary N) is 1. The third-order valence-electron chi connectivity index (χ3n) is 4.66. The van der Waals surface area contributed by atoms with Gasteiger partial charge in [0, 0.05) is 26.1 Å². The summed E-state index contributed by atoms with van der Waals surface area (Å²) in [5, 5.41) is 3.05. The van der Waals surface area contributed by atoms with Gasteiger partial charge in [-0.2, -0.15) is 0 Å². The van der Waals surface area contributed by atoms with E-state index in [-0.39, 0.29) is 6.03 Å². The molecule has 1 aliphatic carbocycles. The molecule has 1 atom stereocenters. The van der Waals surface area contributed by atoms with Crippen LogP contribution in [-0.2, 0) is 9.47 Å². The number of rotatable bonds is 5. The normalized spacial score (nSPS) is 23.8. The monoisotopic (exact) mass is 298 g/mol. The van der Waals surface area contributed by atoms with Gasteiger partial charge in [-0.1, -0.05) is 26.2 Å². The second-order valence-electron chi connectivity index (χ2n) is 6.73. The second kappa shape index (κ2) is 7.45. The SMILES string of the molecule is CC(CNC(=O)N(C)C1CCCCC1)CC1(C)OCCO1. The summed E-state index contributed by atoms with van der Waals surface area (Å²) in [5.41, 5.74) is 0. The molecule has 0 spiro atoms. The fraction of sp³-hybridized carbons (Fsp3) is 0.938. The van der Waals surface area contributed by atoms with E-state index in [0.717, 1.165) is 19.3 Å². The van der Waals surface area contributed by atoms with Gasteiger partial charge in [0.1, 0.15) is 0 Å². The molecule has 1 unspecified atom stereocenters. The summed E-state index contributed by atoms with van der Waals surface area (Å²) in [6, 6.07) is 0.459. The number of ether oxygens (including phenoxy) is 2. The lowest BCUT2D eigenvalue weighted by molar-refractivity contribution is -0.153. The summed E-state index contributed by atoms with van der Waals surface area (Å²) < 4.78 is 11.2. The lowest BCUT2D eigenvalue weighted by Gasteiger charge is -2.32. The first kappa shape index (κ1) is 16.6. The van der Waals surface area contributed by atoms with Crippen LogP contribution in [0.3, 0.4) is 0 Å². The van der Waals surface area contributed by atoms with Crippen molar-refractivity contribution in [3.8, 4) is 0 Å².